The minimum absolute atomic E-state index is 0.196. The van der Waals surface area contributed by atoms with Crippen molar-refractivity contribution in [2.45, 2.75) is 110 Å². The normalized spacial score (nSPS) is 12.4. The number of carbonyl (C=O) groups excluding carboxylic acids is 8. The zero-order valence-electron chi connectivity index (χ0n) is 41.4. The van der Waals surface area contributed by atoms with Crippen LogP contribution >= 0.6 is 21.6 Å². The Morgan fingerprint density at radius 2 is 0.824 bits per heavy atom. The Hall–Kier alpha value is -7.16. The highest BCUT2D eigenvalue weighted by Crippen LogP contribution is 2.41. The molecule has 0 aliphatic carbocycles. The Kier molecular flexibility index (Phi) is 21.0. The van der Waals surface area contributed by atoms with E-state index in [1.54, 1.807) is 90.1 Å². The molecule has 0 aromatic heterocycles. The fourth-order valence-corrected chi connectivity index (χ4v) is 10.5. The van der Waals surface area contributed by atoms with Crippen LogP contribution in [0.4, 0.5) is 21.0 Å². The maximum atomic E-state index is 13.6. The lowest BCUT2D eigenvalue weighted by Gasteiger charge is -2.23. The summed E-state index contributed by atoms with van der Waals surface area (Å²) >= 11 is 0. The third-order valence-corrected chi connectivity index (χ3v) is 14.8. The maximum absolute atomic E-state index is 13.6. The molecule has 4 aromatic rings. The summed E-state index contributed by atoms with van der Waals surface area (Å²) in [6, 6.07) is 20.0. The molecule has 4 aromatic carbocycles. The van der Waals surface area contributed by atoms with Gasteiger partial charge in [0, 0.05) is 34.0 Å². The third kappa shape index (κ3) is 19.0. The highest BCUT2D eigenvalue weighted by Gasteiger charge is 2.31. The number of sulfonamides is 2. The van der Waals surface area contributed by atoms with Gasteiger partial charge in [0.2, 0.25) is 0 Å². The number of carbonyl (C=O) groups is 8. The lowest BCUT2D eigenvalue weighted by Crippen LogP contribution is -2.49. The number of amides is 6. The van der Waals surface area contributed by atoms with Crippen LogP contribution in [0, 0.1) is 0 Å². The quantitative estimate of drug-likeness (QED) is 0.0303. The van der Waals surface area contributed by atoms with Crippen LogP contribution < -0.4 is 30.7 Å². The number of nitrogens with one attached hydrogen (secondary N) is 6. The Morgan fingerprint density at radius 3 is 1.14 bits per heavy atom. The second-order valence-corrected chi connectivity index (χ2v) is 23.3. The highest BCUT2D eigenvalue weighted by molar-refractivity contribution is 8.76. The standard InChI is InChI=1S/C48H56N6O16S4/c1-47(2,3)69-45(61)51-35(25-27-39(55)67-7)43(59)53-73(63,64)31-21-17-29(18-22-31)49-41(57)33-13-9-11-15-37(33)71-72-38-16-12-10-14-34(38)42(58)50-30-19-23-32(24-20-30)74(65,66)54-44(60)36(26-28-40(56)68-8)52-46(62)70-48(4,5)6/h9-24,35-36H,25-28H2,1-8H3,(H,49,57)(H,50,58)(H,51,61)(H,52,62)(H,53,59)(H,54,60)/t35-,36-/m0/s1. The average molecular weight is 1100 g/mol. The number of hydrogen-bond donors (Lipinski definition) is 6. The molecular weight excluding hydrogens is 1040 g/mol. The first-order chi connectivity index (χ1) is 34.6. The molecule has 0 radical (unpaired) electrons. The van der Waals surface area contributed by atoms with Crippen molar-refractivity contribution in [3.05, 3.63) is 108 Å². The zero-order valence-corrected chi connectivity index (χ0v) is 44.7. The van der Waals surface area contributed by atoms with E-state index in [1.807, 2.05) is 9.44 Å². The van der Waals surface area contributed by atoms with Crippen molar-refractivity contribution in [1.82, 2.24) is 20.1 Å². The van der Waals surface area contributed by atoms with Crippen LogP contribution in [0.5, 0.6) is 0 Å². The monoisotopic (exact) mass is 1100 g/mol. The Morgan fingerprint density at radius 1 is 0.500 bits per heavy atom. The van der Waals surface area contributed by atoms with Gasteiger partial charge in [-0.05, 0) is 127 Å². The molecule has 74 heavy (non-hydrogen) atoms. The van der Waals surface area contributed by atoms with Gasteiger partial charge < -0.3 is 40.2 Å². The maximum Gasteiger partial charge on any atom is 0.408 e. The van der Waals surface area contributed by atoms with Crippen LogP contribution in [0.25, 0.3) is 0 Å². The summed E-state index contributed by atoms with van der Waals surface area (Å²) in [5.74, 6) is -4.81. The number of anilines is 2. The van der Waals surface area contributed by atoms with Crippen LogP contribution in [0.15, 0.2) is 117 Å². The average Bonchev–Trinajstić information content (AvgIpc) is 3.32. The van der Waals surface area contributed by atoms with E-state index in [1.165, 1.54) is 45.9 Å². The molecule has 6 N–H and O–H groups in total. The summed E-state index contributed by atoms with van der Waals surface area (Å²) in [6.07, 6.45) is -3.28. The first-order valence-electron chi connectivity index (χ1n) is 22.2. The van der Waals surface area contributed by atoms with Crippen LogP contribution in [-0.2, 0) is 58.2 Å². The number of rotatable bonds is 21. The predicted octanol–water partition coefficient (Wildman–Crippen LogP) is 6.29. The first-order valence-corrected chi connectivity index (χ1v) is 27.3. The molecule has 22 nitrogen and oxygen atoms in total. The fourth-order valence-electron chi connectivity index (χ4n) is 6.07. The minimum Gasteiger partial charge on any atom is -0.469 e. The number of alkyl carbamates (subject to hydrolysis) is 2. The summed E-state index contributed by atoms with van der Waals surface area (Å²) < 4.78 is 76.3. The number of hydrogen-bond acceptors (Lipinski definition) is 18. The highest BCUT2D eigenvalue weighted by atomic mass is 33.1. The van der Waals surface area contributed by atoms with Crippen molar-refractivity contribution >= 4 is 101 Å². The van der Waals surface area contributed by atoms with E-state index in [-0.39, 0.29) is 58.0 Å². The van der Waals surface area contributed by atoms with Crippen LogP contribution in [0.1, 0.15) is 87.9 Å². The van der Waals surface area contributed by atoms with Gasteiger partial charge in [-0.25, -0.2) is 35.9 Å². The van der Waals surface area contributed by atoms with Crippen molar-refractivity contribution in [3.8, 4) is 0 Å². The molecule has 0 spiro atoms. The van der Waals surface area contributed by atoms with Gasteiger partial charge >= 0.3 is 24.1 Å². The molecule has 0 heterocycles. The van der Waals surface area contributed by atoms with E-state index in [9.17, 15) is 55.2 Å². The summed E-state index contributed by atoms with van der Waals surface area (Å²) in [5, 5.41) is 9.98. The van der Waals surface area contributed by atoms with Crippen LogP contribution in [0.2, 0.25) is 0 Å². The molecule has 0 saturated carbocycles. The van der Waals surface area contributed by atoms with E-state index in [0.29, 0.717) is 9.79 Å². The second-order valence-electron chi connectivity index (χ2n) is 17.7. The molecule has 0 saturated heterocycles. The topological polar surface area (TPSA) is 314 Å². The number of esters is 2. The Bertz CT molecular complexity index is 2740. The molecular formula is C48H56N6O16S4. The zero-order chi connectivity index (χ0) is 55.0. The van der Waals surface area contributed by atoms with E-state index in [4.69, 9.17) is 9.47 Å². The van der Waals surface area contributed by atoms with Gasteiger partial charge in [-0.15, -0.1) is 0 Å². The van der Waals surface area contributed by atoms with Gasteiger partial charge in [-0.1, -0.05) is 45.9 Å². The lowest BCUT2D eigenvalue weighted by molar-refractivity contribution is -0.142. The SMILES string of the molecule is COC(=O)CC[C@H](NC(=O)OC(C)(C)C)C(=O)NS(=O)(=O)c1ccc(NC(=O)c2ccccc2SSc2ccccc2C(=O)Nc2ccc(S(=O)(=O)NC(=O)[C@H](CCC(=O)OC)NC(=O)OC(C)(C)C)cc2)cc1. The summed E-state index contributed by atoms with van der Waals surface area (Å²) in [5.41, 5.74) is -1.03. The minimum atomic E-state index is -4.52. The summed E-state index contributed by atoms with van der Waals surface area (Å²) in [6.45, 7) is 9.53. The number of methoxy groups -OCH3 is 2. The second kappa shape index (κ2) is 26.2. The molecule has 0 fully saturated rings. The molecule has 26 heteroatoms. The van der Waals surface area contributed by atoms with Gasteiger partial charge in [0.05, 0.1) is 35.1 Å². The Labute approximate surface area is 436 Å². The van der Waals surface area contributed by atoms with Crippen molar-refractivity contribution in [2.75, 3.05) is 24.9 Å². The smallest absolute Gasteiger partial charge is 0.408 e. The van der Waals surface area contributed by atoms with E-state index in [2.05, 4.69) is 30.7 Å². The summed E-state index contributed by atoms with van der Waals surface area (Å²) in [7, 11) is -4.44. The van der Waals surface area contributed by atoms with Gasteiger partial charge in [-0.3, -0.25) is 28.8 Å². The van der Waals surface area contributed by atoms with Gasteiger partial charge in [-0.2, -0.15) is 0 Å². The third-order valence-electron chi connectivity index (χ3n) is 9.54. The van der Waals surface area contributed by atoms with Crippen LogP contribution in [0.3, 0.4) is 0 Å². The van der Waals surface area contributed by atoms with Crippen LogP contribution in [-0.4, -0.2) is 102 Å². The molecule has 4 rings (SSSR count). The molecule has 0 aliphatic heterocycles. The molecule has 0 unspecified atom stereocenters. The molecule has 2 atom stereocenters. The van der Waals surface area contributed by atoms with Gasteiger partial charge in [0.1, 0.15) is 23.3 Å². The fraction of sp³-hybridized carbons (Fsp3) is 0.333. The molecule has 398 valence electrons. The number of ether oxygens (including phenoxy) is 4. The van der Waals surface area contributed by atoms with Gasteiger partial charge in [0.25, 0.3) is 43.7 Å². The van der Waals surface area contributed by atoms with E-state index in [0.717, 1.165) is 38.5 Å². The molecule has 0 bridgehead atoms. The molecule has 0 aliphatic rings. The largest absolute Gasteiger partial charge is 0.469 e. The Balaban J connectivity index is 1.40. The molecule has 6 amide bonds. The predicted molar refractivity (Wildman–Crippen MR) is 273 cm³/mol. The van der Waals surface area contributed by atoms with E-state index >= 15 is 0 Å². The first kappa shape index (κ1) is 59.4. The van der Waals surface area contributed by atoms with Gasteiger partial charge in [0.15, 0.2) is 0 Å². The van der Waals surface area contributed by atoms with Crippen molar-refractivity contribution in [1.29, 1.82) is 0 Å². The van der Waals surface area contributed by atoms with Crippen molar-refractivity contribution in [3.63, 3.8) is 0 Å². The van der Waals surface area contributed by atoms with E-state index < -0.39 is 91.1 Å². The lowest BCUT2D eigenvalue weighted by atomic mass is 10.1. The number of benzene rings is 4. The van der Waals surface area contributed by atoms with Crippen molar-refractivity contribution in [2.24, 2.45) is 0 Å². The summed E-state index contributed by atoms with van der Waals surface area (Å²) in [4.78, 5) is 102. The van der Waals surface area contributed by atoms with Crippen molar-refractivity contribution < 1.29 is 74.1 Å².